The summed E-state index contributed by atoms with van der Waals surface area (Å²) in [6.07, 6.45) is 5.63. The summed E-state index contributed by atoms with van der Waals surface area (Å²) in [6.45, 7) is 1.10. The highest BCUT2D eigenvalue weighted by Crippen LogP contribution is 2.37. The van der Waals surface area contributed by atoms with Crippen LogP contribution in [-0.2, 0) is 0 Å². The molecule has 1 aromatic rings. The molecule has 1 fully saturated rings. The van der Waals surface area contributed by atoms with Gasteiger partial charge in [-0.1, -0.05) is 40.9 Å². The summed E-state index contributed by atoms with van der Waals surface area (Å²) >= 11 is 3.57. The first-order chi connectivity index (χ1) is 7.81. The van der Waals surface area contributed by atoms with E-state index in [9.17, 15) is 0 Å². The topological polar surface area (TPSA) is 12.0 Å². The Bertz CT molecular complexity index is 331. The zero-order valence-corrected chi connectivity index (χ0v) is 11.5. The van der Waals surface area contributed by atoms with Crippen LogP contribution < -0.4 is 5.32 Å². The van der Waals surface area contributed by atoms with Crippen molar-refractivity contribution in [1.29, 1.82) is 0 Å². The Labute approximate surface area is 107 Å². The molecule has 1 aromatic carbocycles. The molecule has 0 amide bonds. The highest BCUT2D eigenvalue weighted by molar-refractivity contribution is 9.10. The van der Waals surface area contributed by atoms with Crippen molar-refractivity contribution in [2.75, 3.05) is 13.6 Å². The van der Waals surface area contributed by atoms with E-state index in [0.717, 1.165) is 12.5 Å². The van der Waals surface area contributed by atoms with Gasteiger partial charge in [0.25, 0.3) is 0 Å². The second-order valence-corrected chi connectivity index (χ2v) is 5.68. The van der Waals surface area contributed by atoms with Gasteiger partial charge in [0, 0.05) is 11.0 Å². The number of hydrogen-bond acceptors (Lipinski definition) is 1. The van der Waals surface area contributed by atoms with E-state index in [0.29, 0.717) is 5.92 Å². The van der Waals surface area contributed by atoms with Gasteiger partial charge in [-0.3, -0.25) is 0 Å². The average Bonchev–Trinajstić information content (AvgIpc) is 2.79. The Kier molecular flexibility index (Phi) is 4.42. The number of rotatable bonds is 4. The van der Waals surface area contributed by atoms with Crippen molar-refractivity contribution in [1.82, 2.24) is 5.32 Å². The van der Waals surface area contributed by atoms with Crippen molar-refractivity contribution in [3.8, 4) is 0 Å². The molecule has 1 atom stereocenters. The molecule has 1 aliphatic carbocycles. The minimum Gasteiger partial charge on any atom is -0.319 e. The summed E-state index contributed by atoms with van der Waals surface area (Å²) in [5.74, 6) is 1.56. The van der Waals surface area contributed by atoms with Gasteiger partial charge in [0.2, 0.25) is 0 Å². The van der Waals surface area contributed by atoms with Crippen molar-refractivity contribution in [3.05, 3.63) is 34.3 Å². The third kappa shape index (κ3) is 2.86. The molecule has 16 heavy (non-hydrogen) atoms. The first-order valence-electron chi connectivity index (χ1n) is 6.21. The molecule has 1 saturated carbocycles. The highest BCUT2D eigenvalue weighted by atomic mass is 79.9. The molecule has 1 nitrogen and oxygen atoms in total. The lowest BCUT2D eigenvalue weighted by atomic mass is 9.85. The number of benzene rings is 1. The zero-order valence-electron chi connectivity index (χ0n) is 9.88. The van der Waals surface area contributed by atoms with Gasteiger partial charge in [-0.25, -0.2) is 0 Å². The Balaban J connectivity index is 2.17. The number of nitrogens with one attached hydrogen (secondary N) is 1. The number of halogens is 1. The van der Waals surface area contributed by atoms with Crippen molar-refractivity contribution in [3.63, 3.8) is 0 Å². The minimum atomic E-state index is 0.685. The van der Waals surface area contributed by atoms with Crippen LogP contribution >= 0.6 is 15.9 Å². The SMILES string of the molecule is CNCC(c1cccc(Br)c1)C1CCCC1. The molecular weight excluding hydrogens is 262 g/mol. The van der Waals surface area contributed by atoms with E-state index in [2.05, 4.69) is 52.6 Å². The molecule has 0 bridgehead atoms. The summed E-state index contributed by atoms with van der Waals surface area (Å²) in [7, 11) is 2.06. The van der Waals surface area contributed by atoms with Crippen LogP contribution in [0, 0.1) is 5.92 Å². The van der Waals surface area contributed by atoms with E-state index in [1.807, 2.05) is 0 Å². The smallest absolute Gasteiger partial charge is 0.0178 e. The Morgan fingerprint density at radius 1 is 1.38 bits per heavy atom. The lowest BCUT2D eigenvalue weighted by molar-refractivity contribution is 0.421. The Morgan fingerprint density at radius 3 is 2.75 bits per heavy atom. The monoisotopic (exact) mass is 281 g/mol. The van der Waals surface area contributed by atoms with Gasteiger partial charge in [-0.2, -0.15) is 0 Å². The van der Waals surface area contributed by atoms with Gasteiger partial charge in [0.05, 0.1) is 0 Å². The van der Waals surface area contributed by atoms with E-state index in [1.54, 1.807) is 0 Å². The maximum absolute atomic E-state index is 3.57. The summed E-state index contributed by atoms with van der Waals surface area (Å²) in [6, 6.07) is 8.80. The summed E-state index contributed by atoms with van der Waals surface area (Å²) < 4.78 is 1.20. The molecule has 1 aliphatic rings. The molecule has 0 spiro atoms. The summed E-state index contributed by atoms with van der Waals surface area (Å²) in [4.78, 5) is 0. The summed E-state index contributed by atoms with van der Waals surface area (Å²) in [5.41, 5.74) is 1.48. The van der Waals surface area contributed by atoms with Gasteiger partial charge < -0.3 is 5.32 Å². The van der Waals surface area contributed by atoms with Crippen molar-refractivity contribution in [2.24, 2.45) is 5.92 Å². The minimum absolute atomic E-state index is 0.685. The fourth-order valence-corrected chi connectivity index (χ4v) is 3.29. The standard InChI is InChI=1S/C14H20BrN/c1-16-10-14(11-5-2-3-6-11)12-7-4-8-13(15)9-12/h4,7-9,11,14,16H,2-3,5-6,10H2,1H3. The maximum atomic E-state index is 3.57. The van der Waals surface area contributed by atoms with Crippen molar-refractivity contribution in [2.45, 2.75) is 31.6 Å². The summed E-state index contributed by atoms with van der Waals surface area (Å²) in [5, 5.41) is 3.35. The van der Waals surface area contributed by atoms with E-state index >= 15 is 0 Å². The van der Waals surface area contributed by atoms with E-state index in [4.69, 9.17) is 0 Å². The van der Waals surface area contributed by atoms with Gasteiger partial charge >= 0.3 is 0 Å². The molecule has 0 saturated heterocycles. The van der Waals surface area contributed by atoms with Crippen molar-refractivity contribution >= 4 is 15.9 Å². The van der Waals surface area contributed by atoms with Crippen LogP contribution in [0.4, 0.5) is 0 Å². The molecular formula is C14H20BrN. The Hall–Kier alpha value is -0.340. The third-order valence-corrected chi connectivity index (χ3v) is 4.16. The third-order valence-electron chi connectivity index (χ3n) is 3.67. The predicted molar refractivity (Wildman–Crippen MR) is 72.8 cm³/mol. The molecule has 2 rings (SSSR count). The van der Waals surface area contributed by atoms with E-state index < -0.39 is 0 Å². The van der Waals surface area contributed by atoms with Crippen LogP contribution in [0.25, 0.3) is 0 Å². The molecule has 0 aliphatic heterocycles. The van der Waals surface area contributed by atoms with Gasteiger partial charge in [-0.05, 0) is 49.4 Å². The van der Waals surface area contributed by atoms with Crippen LogP contribution in [0.15, 0.2) is 28.7 Å². The highest BCUT2D eigenvalue weighted by Gasteiger charge is 2.25. The van der Waals surface area contributed by atoms with Crippen LogP contribution in [0.3, 0.4) is 0 Å². The molecule has 1 N–H and O–H groups in total. The number of likely N-dealkylation sites (N-methyl/N-ethyl adjacent to an activating group) is 1. The first kappa shape index (κ1) is 12.1. The number of hydrogen-bond donors (Lipinski definition) is 1. The van der Waals surface area contributed by atoms with Gasteiger partial charge in [0.1, 0.15) is 0 Å². The molecule has 0 aromatic heterocycles. The van der Waals surface area contributed by atoms with Gasteiger partial charge in [0.15, 0.2) is 0 Å². The first-order valence-corrected chi connectivity index (χ1v) is 7.00. The van der Waals surface area contributed by atoms with E-state index in [1.165, 1.54) is 35.7 Å². The largest absolute Gasteiger partial charge is 0.319 e. The Morgan fingerprint density at radius 2 is 2.12 bits per heavy atom. The van der Waals surface area contributed by atoms with Crippen LogP contribution in [0.2, 0.25) is 0 Å². The van der Waals surface area contributed by atoms with Crippen LogP contribution in [0.5, 0.6) is 0 Å². The second kappa shape index (κ2) is 5.83. The van der Waals surface area contributed by atoms with Crippen LogP contribution in [0.1, 0.15) is 37.2 Å². The molecule has 0 radical (unpaired) electrons. The average molecular weight is 282 g/mol. The van der Waals surface area contributed by atoms with E-state index in [-0.39, 0.29) is 0 Å². The lowest BCUT2D eigenvalue weighted by Gasteiger charge is -2.23. The molecule has 2 heteroatoms. The molecule has 1 unspecified atom stereocenters. The maximum Gasteiger partial charge on any atom is 0.0178 e. The fraction of sp³-hybridized carbons (Fsp3) is 0.571. The second-order valence-electron chi connectivity index (χ2n) is 4.76. The quantitative estimate of drug-likeness (QED) is 0.882. The van der Waals surface area contributed by atoms with Crippen molar-refractivity contribution < 1.29 is 0 Å². The fourth-order valence-electron chi connectivity index (χ4n) is 2.87. The molecule has 88 valence electrons. The van der Waals surface area contributed by atoms with Gasteiger partial charge in [-0.15, -0.1) is 0 Å². The van der Waals surface area contributed by atoms with Crippen LogP contribution in [-0.4, -0.2) is 13.6 Å². The lowest BCUT2D eigenvalue weighted by Crippen LogP contribution is -2.22. The predicted octanol–water partition coefficient (Wildman–Crippen LogP) is 3.94. The normalized spacial score (nSPS) is 18.9. The molecule has 0 heterocycles. The zero-order chi connectivity index (χ0) is 11.4.